The number of aromatic nitrogens is 1. The third-order valence-corrected chi connectivity index (χ3v) is 3.14. The fraction of sp³-hybridized carbons (Fsp3) is 0.154. The third kappa shape index (κ3) is 1.89. The second kappa shape index (κ2) is 4.69. The first-order valence-corrected chi connectivity index (χ1v) is 6.07. The molecule has 102 valence electrons. The van der Waals surface area contributed by atoms with Crippen LogP contribution in [0, 0.1) is 0 Å². The van der Waals surface area contributed by atoms with Gasteiger partial charge in [0.2, 0.25) is 5.88 Å². The van der Waals surface area contributed by atoms with E-state index in [1.54, 1.807) is 18.2 Å². The summed E-state index contributed by atoms with van der Waals surface area (Å²) in [4.78, 5) is 24.9. The van der Waals surface area contributed by atoms with Crippen molar-refractivity contribution in [2.45, 2.75) is 0 Å². The Labute approximate surface area is 114 Å². The maximum atomic E-state index is 12.0. The van der Waals surface area contributed by atoms with E-state index in [-0.39, 0.29) is 5.88 Å². The van der Waals surface area contributed by atoms with E-state index in [1.165, 1.54) is 11.1 Å². The summed E-state index contributed by atoms with van der Waals surface area (Å²) >= 11 is 0. The molecule has 7 heteroatoms. The predicted octanol–water partition coefficient (Wildman–Crippen LogP) is 0.387. The molecule has 1 aromatic carbocycles. The van der Waals surface area contributed by atoms with Gasteiger partial charge in [-0.05, 0) is 6.07 Å². The van der Waals surface area contributed by atoms with Crippen LogP contribution in [-0.2, 0) is 9.59 Å². The first-order valence-electron chi connectivity index (χ1n) is 6.07. The molecule has 2 aromatic rings. The molecule has 1 aliphatic rings. The fourth-order valence-corrected chi connectivity index (χ4v) is 2.20. The summed E-state index contributed by atoms with van der Waals surface area (Å²) in [6, 6.07) is 7.18. The predicted molar refractivity (Wildman–Crippen MR) is 71.7 cm³/mol. The van der Waals surface area contributed by atoms with Crippen molar-refractivity contribution in [3.63, 3.8) is 0 Å². The van der Waals surface area contributed by atoms with Crippen LogP contribution in [0.15, 0.2) is 35.0 Å². The Morgan fingerprint density at radius 2 is 2.05 bits per heavy atom. The minimum atomic E-state index is -0.607. The van der Waals surface area contributed by atoms with Crippen molar-refractivity contribution in [1.29, 1.82) is 0 Å². The van der Waals surface area contributed by atoms with Gasteiger partial charge in [0.15, 0.2) is 0 Å². The van der Waals surface area contributed by atoms with Crippen LogP contribution in [0.3, 0.4) is 0 Å². The molecule has 0 atom stereocenters. The molecule has 1 aromatic heterocycles. The van der Waals surface area contributed by atoms with Gasteiger partial charge in [0.05, 0.1) is 17.4 Å². The number of nitrogen functional groups attached to an aromatic ring is 1. The lowest BCUT2D eigenvalue weighted by molar-refractivity contribution is -0.138. The van der Waals surface area contributed by atoms with E-state index in [4.69, 9.17) is 10.3 Å². The molecular formula is C13H12N4O3. The Kier molecular flexibility index (Phi) is 2.86. The highest BCUT2D eigenvalue weighted by Gasteiger charge is 2.29. The normalized spacial score (nSPS) is 15.3. The lowest BCUT2D eigenvalue weighted by Gasteiger charge is -2.28. The molecule has 0 spiro atoms. The summed E-state index contributed by atoms with van der Waals surface area (Å²) in [6.07, 6.45) is 1.49. The second-order valence-corrected chi connectivity index (χ2v) is 4.33. The number of nitrogens with one attached hydrogen (secondary N) is 1. The van der Waals surface area contributed by atoms with Gasteiger partial charge in [-0.15, -0.1) is 0 Å². The van der Waals surface area contributed by atoms with Crippen molar-refractivity contribution < 1.29 is 14.1 Å². The first-order chi connectivity index (χ1) is 9.68. The molecule has 20 heavy (non-hydrogen) atoms. The Hall–Kier alpha value is -2.83. The van der Waals surface area contributed by atoms with E-state index >= 15 is 0 Å². The van der Waals surface area contributed by atoms with Gasteiger partial charge in [0.25, 0.3) is 0 Å². The Morgan fingerprint density at radius 3 is 2.80 bits per heavy atom. The number of rotatable bonds is 2. The number of para-hydroxylation sites is 1. The van der Waals surface area contributed by atoms with E-state index in [0.717, 1.165) is 0 Å². The zero-order chi connectivity index (χ0) is 14.1. The highest BCUT2D eigenvalue weighted by atomic mass is 16.5. The molecule has 1 fully saturated rings. The summed E-state index contributed by atoms with van der Waals surface area (Å²) < 4.78 is 4.85. The molecule has 0 unspecified atom stereocenters. The van der Waals surface area contributed by atoms with Crippen molar-refractivity contribution >= 4 is 23.4 Å². The molecule has 0 saturated carbocycles. The van der Waals surface area contributed by atoms with Crippen LogP contribution in [0.25, 0.3) is 11.1 Å². The Balaban J connectivity index is 2.09. The molecular weight excluding hydrogens is 260 g/mol. The van der Waals surface area contributed by atoms with Crippen LogP contribution in [0.5, 0.6) is 0 Å². The topological polar surface area (TPSA) is 101 Å². The van der Waals surface area contributed by atoms with Gasteiger partial charge in [-0.3, -0.25) is 9.59 Å². The maximum Gasteiger partial charge on any atom is 0.316 e. The van der Waals surface area contributed by atoms with Crippen LogP contribution in [0.1, 0.15) is 0 Å². The van der Waals surface area contributed by atoms with Gasteiger partial charge < -0.3 is 20.5 Å². The molecule has 0 radical (unpaired) electrons. The lowest BCUT2D eigenvalue weighted by Crippen LogP contribution is -2.52. The van der Waals surface area contributed by atoms with E-state index in [2.05, 4.69) is 10.5 Å². The zero-order valence-corrected chi connectivity index (χ0v) is 10.5. The summed E-state index contributed by atoms with van der Waals surface area (Å²) in [5.41, 5.74) is 7.63. The number of hydrogen-bond donors (Lipinski definition) is 2. The highest BCUT2D eigenvalue weighted by molar-refractivity contribution is 6.41. The summed E-state index contributed by atoms with van der Waals surface area (Å²) in [6.45, 7) is 0.824. The molecule has 2 amide bonds. The van der Waals surface area contributed by atoms with Crippen LogP contribution >= 0.6 is 0 Å². The second-order valence-electron chi connectivity index (χ2n) is 4.33. The average molecular weight is 272 g/mol. The molecule has 3 rings (SSSR count). The molecule has 0 aliphatic carbocycles. The number of benzene rings is 1. The van der Waals surface area contributed by atoms with Gasteiger partial charge in [-0.25, -0.2) is 0 Å². The van der Waals surface area contributed by atoms with E-state index in [0.29, 0.717) is 29.9 Å². The average Bonchev–Trinajstić information content (AvgIpc) is 2.88. The molecule has 3 N–H and O–H groups in total. The summed E-state index contributed by atoms with van der Waals surface area (Å²) in [5, 5.41) is 6.15. The van der Waals surface area contributed by atoms with Gasteiger partial charge in [0.1, 0.15) is 0 Å². The van der Waals surface area contributed by atoms with Crippen LogP contribution in [0.2, 0.25) is 0 Å². The van der Waals surface area contributed by atoms with Crippen molar-refractivity contribution in [2.24, 2.45) is 0 Å². The molecule has 2 heterocycles. The van der Waals surface area contributed by atoms with Crippen LogP contribution in [0.4, 0.5) is 11.6 Å². The summed E-state index contributed by atoms with van der Waals surface area (Å²) in [5.74, 6) is -1.02. The minimum absolute atomic E-state index is 0.173. The third-order valence-electron chi connectivity index (χ3n) is 3.14. The van der Waals surface area contributed by atoms with E-state index in [9.17, 15) is 9.59 Å². The van der Waals surface area contributed by atoms with Gasteiger partial charge in [0, 0.05) is 18.7 Å². The number of piperazine rings is 1. The van der Waals surface area contributed by atoms with E-state index in [1.807, 2.05) is 6.07 Å². The fourth-order valence-electron chi connectivity index (χ4n) is 2.20. The number of nitrogens with zero attached hydrogens (tertiary/aromatic N) is 2. The Bertz CT molecular complexity index is 680. The number of nitrogens with two attached hydrogens (primary N) is 1. The van der Waals surface area contributed by atoms with Crippen molar-refractivity contribution in [3.05, 3.63) is 30.5 Å². The number of carbonyl (C=O) groups is 2. The Morgan fingerprint density at radius 1 is 1.25 bits per heavy atom. The smallest absolute Gasteiger partial charge is 0.316 e. The number of carbonyl (C=O) groups excluding carboxylic acids is 2. The SMILES string of the molecule is Nc1oncc1-c1ccccc1N1CCNC(=O)C1=O. The van der Waals surface area contributed by atoms with Gasteiger partial charge in [-0.1, -0.05) is 23.4 Å². The highest BCUT2D eigenvalue weighted by Crippen LogP contribution is 2.34. The first kappa shape index (κ1) is 12.2. The number of anilines is 2. The van der Waals surface area contributed by atoms with Crippen molar-refractivity contribution in [2.75, 3.05) is 23.7 Å². The van der Waals surface area contributed by atoms with Crippen LogP contribution in [-0.4, -0.2) is 30.1 Å². The van der Waals surface area contributed by atoms with Crippen LogP contribution < -0.4 is 16.0 Å². The standard InChI is InChI=1S/C13H12N4O3/c14-11-9(7-16-20-11)8-3-1-2-4-10(8)17-6-5-15-12(18)13(17)19/h1-4,7H,5-6,14H2,(H,15,18). The number of hydrogen-bond acceptors (Lipinski definition) is 5. The van der Waals surface area contributed by atoms with Gasteiger partial charge in [-0.2, -0.15) is 0 Å². The maximum absolute atomic E-state index is 12.0. The summed E-state index contributed by atoms with van der Waals surface area (Å²) in [7, 11) is 0. The molecule has 1 aliphatic heterocycles. The van der Waals surface area contributed by atoms with Crippen molar-refractivity contribution in [3.8, 4) is 11.1 Å². The molecule has 1 saturated heterocycles. The van der Waals surface area contributed by atoms with Crippen molar-refractivity contribution in [1.82, 2.24) is 10.5 Å². The lowest BCUT2D eigenvalue weighted by atomic mass is 10.0. The quantitative estimate of drug-likeness (QED) is 0.770. The molecule has 0 bridgehead atoms. The largest absolute Gasteiger partial charge is 0.367 e. The van der Waals surface area contributed by atoms with Gasteiger partial charge >= 0.3 is 11.8 Å². The zero-order valence-electron chi connectivity index (χ0n) is 10.5. The number of amides is 2. The molecule has 7 nitrogen and oxygen atoms in total. The van der Waals surface area contributed by atoms with E-state index < -0.39 is 11.8 Å². The minimum Gasteiger partial charge on any atom is -0.367 e. The monoisotopic (exact) mass is 272 g/mol.